The van der Waals surface area contributed by atoms with E-state index in [1.54, 1.807) is 0 Å². The van der Waals surface area contributed by atoms with Gasteiger partial charge in [-0.25, -0.2) is 5.90 Å². The Kier molecular flexibility index (Phi) is 4.55. The molecule has 6 heteroatoms. The monoisotopic (exact) mass is 161 g/mol. The van der Waals surface area contributed by atoms with E-state index >= 15 is 0 Å². The maximum absolute atomic E-state index is 9.87. The topological polar surface area (TPSA) is 110 Å². The van der Waals surface area contributed by atoms with E-state index in [0.29, 0.717) is 0 Å². The van der Waals surface area contributed by atoms with Crippen molar-refractivity contribution in [1.29, 1.82) is 0 Å². The van der Waals surface area contributed by atoms with E-state index in [9.17, 15) is 9.59 Å². The molecule has 0 aliphatic heterocycles. The fourth-order valence-corrected chi connectivity index (χ4v) is 0.413. The van der Waals surface area contributed by atoms with Gasteiger partial charge in [-0.1, -0.05) is 0 Å². The van der Waals surface area contributed by atoms with E-state index in [0.717, 1.165) is 6.29 Å². The first-order chi connectivity index (χ1) is 5.17. The van der Waals surface area contributed by atoms with E-state index in [1.165, 1.54) is 6.29 Å². The Morgan fingerprint density at radius 2 is 1.82 bits per heavy atom. The maximum Gasteiger partial charge on any atom is 0.234 e. The molecule has 62 valence electrons. The van der Waals surface area contributed by atoms with Crippen LogP contribution in [0.1, 0.15) is 0 Å². The number of rotatable bonds is 5. The zero-order chi connectivity index (χ0) is 8.85. The van der Waals surface area contributed by atoms with Crippen molar-refractivity contribution in [2.75, 3.05) is 0 Å². The minimum atomic E-state index is -1.81. The van der Waals surface area contributed by atoms with Crippen LogP contribution in [0, 0.1) is 0 Å². The molecule has 0 aromatic rings. The van der Waals surface area contributed by atoms with Crippen molar-refractivity contribution in [2.45, 2.75) is 18.3 Å². The molecule has 0 aromatic carbocycles. The lowest BCUT2D eigenvalue weighted by Crippen LogP contribution is -2.42. The minimum absolute atomic E-state index is 1.05. The molecule has 0 aliphatic carbocycles. The third-order valence-electron chi connectivity index (χ3n) is 1.02. The molecule has 0 rings (SSSR count). The molecule has 2 radical (unpaired) electrons. The number of aliphatic hydroxyl groups is 2. The molecular formula is C5H7NO5. The van der Waals surface area contributed by atoms with Crippen molar-refractivity contribution in [2.24, 2.45) is 5.90 Å². The maximum atomic E-state index is 9.87. The van der Waals surface area contributed by atoms with Crippen LogP contribution in [0.5, 0.6) is 0 Å². The smallest absolute Gasteiger partial charge is 0.234 e. The summed E-state index contributed by atoms with van der Waals surface area (Å²) in [5.41, 5.74) is 0. The van der Waals surface area contributed by atoms with Crippen LogP contribution in [-0.2, 0) is 14.4 Å². The Labute approximate surface area is 62.5 Å². The number of hydrogen-bond acceptors (Lipinski definition) is 6. The highest BCUT2D eigenvalue weighted by molar-refractivity contribution is 5.63. The summed E-state index contributed by atoms with van der Waals surface area (Å²) in [6.45, 7) is 0. The Morgan fingerprint density at radius 1 is 1.27 bits per heavy atom. The summed E-state index contributed by atoms with van der Waals surface area (Å²) in [5, 5.41) is 17.4. The molecule has 6 nitrogen and oxygen atoms in total. The molecule has 0 bridgehead atoms. The molecule has 11 heavy (non-hydrogen) atoms. The van der Waals surface area contributed by atoms with Gasteiger partial charge in [-0.05, 0) is 0 Å². The van der Waals surface area contributed by atoms with Crippen LogP contribution in [0.3, 0.4) is 0 Å². The van der Waals surface area contributed by atoms with Gasteiger partial charge < -0.3 is 10.2 Å². The van der Waals surface area contributed by atoms with Gasteiger partial charge in [-0.15, -0.1) is 0 Å². The van der Waals surface area contributed by atoms with Gasteiger partial charge >= 0.3 is 0 Å². The van der Waals surface area contributed by atoms with Crippen molar-refractivity contribution in [3.63, 3.8) is 0 Å². The molecule has 0 aromatic heterocycles. The van der Waals surface area contributed by atoms with Crippen LogP contribution in [-0.4, -0.2) is 41.1 Å². The van der Waals surface area contributed by atoms with Crippen molar-refractivity contribution >= 4 is 12.6 Å². The molecular weight excluding hydrogens is 154 g/mol. The van der Waals surface area contributed by atoms with Gasteiger partial charge in [0.05, 0.1) is 0 Å². The van der Waals surface area contributed by atoms with Crippen LogP contribution in [0.2, 0.25) is 0 Å². The largest absolute Gasteiger partial charge is 0.387 e. The van der Waals surface area contributed by atoms with E-state index in [4.69, 9.17) is 10.2 Å². The highest BCUT2D eigenvalue weighted by atomic mass is 16.6. The summed E-state index contributed by atoms with van der Waals surface area (Å²) < 4.78 is 0. The predicted octanol–water partition coefficient (Wildman–Crippen LogP) is -2.81. The first-order valence-corrected chi connectivity index (χ1v) is 2.64. The van der Waals surface area contributed by atoms with Crippen LogP contribution in [0.25, 0.3) is 0 Å². The fourth-order valence-electron chi connectivity index (χ4n) is 0.413. The summed E-state index contributed by atoms with van der Waals surface area (Å²) in [5.74, 6) is 4.51. The molecule has 0 saturated carbocycles. The number of carbonyl (C=O) groups excluding carboxylic acids is 2. The zero-order valence-corrected chi connectivity index (χ0v) is 5.43. The molecule has 0 heterocycles. The zero-order valence-electron chi connectivity index (χ0n) is 5.43. The van der Waals surface area contributed by atoms with E-state index in [1.807, 2.05) is 0 Å². The Hall–Kier alpha value is -0.820. The highest BCUT2D eigenvalue weighted by Gasteiger charge is 2.27. The number of nitrogens with two attached hydrogens (primary N) is 1. The van der Waals surface area contributed by atoms with Crippen LogP contribution in [0.4, 0.5) is 0 Å². The summed E-state index contributed by atoms with van der Waals surface area (Å²) >= 11 is 0. The van der Waals surface area contributed by atoms with Gasteiger partial charge in [0.25, 0.3) is 0 Å². The quantitative estimate of drug-likeness (QED) is 0.375. The van der Waals surface area contributed by atoms with E-state index in [-0.39, 0.29) is 0 Å². The molecule has 0 fully saturated rings. The van der Waals surface area contributed by atoms with Crippen molar-refractivity contribution < 1.29 is 24.6 Å². The molecule has 0 aliphatic rings. The van der Waals surface area contributed by atoms with E-state index in [2.05, 4.69) is 10.7 Å². The van der Waals surface area contributed by atoms with Crippen LogP contribution in [0.15, 0.2) is 0 Å². The predicted molar refractivity (Wildman–Crippen MR) is 32.5 cm³/mol. The van der Waals surface area contributed by atoms with Crippen LogP contribution >= 0.6 is 0 Å². The Morgan fingerprint density at radius 3 is 2.09 bits per heavy atom. The SMILES string of the molecule is NO[C@@H]([C]=O)[C@@H](O)[C@H](O)[C]=O. The second-order valence-electron chi connectivity index (χ2n) is 1.73. The lowest BCUT2D eigenvalue weighted by atomic mass is 10.1. The standard InChI is InChI=1S/C5H7NO5/c6-11-4(2-8)5(10)3(9)1-7/h3-5,9-10H,6H2/t3-,4+,5+/m1/s1. The van der Waals surface area contributed by atoms with Crippen LogP contribution < -0.4 is 5.90 Å². The Bertz CT molecular complexity index is 139. The molecule has 0 spiro atoms. The third-order valence-corrected chi connectivity index (χ3v) is 1.02. The number of aliphatic hydroxyl groups excluding tert-OH is 2. The van der Waals surface area contributed by atoms with Crippen molar-refractivity contribution in [3.05, 3.63) is 0 Å². The van der Waals surface area contributed by atoms with Crippen molar-refractivity contribution in [3.8, 4) is 0 Å². The minimum Gasteiger partial charge on any atom is -0.387 e. The second kappa shape index (κ2) is 4.91. The lowest BCUT2D eigenvalue weighted by Gasteiger charge is -2.15. The second-order valence-corrected chi connectivity index (χ2v) is 1.73. The first-order valence-electron chi connectivity index (χ1n) is 2.64. The fraction of sp³-hybridized carbons (Fsp3) is 0.600. The van der Waals surface area contributed by atoms with Gasteiger partial charge in [0, 0.05) is 0 Å². The molecule has 4 N–H and O–H groups in total. The first kappa shape index (κ1) is 10.2. The third kappa shape index (κ3) is 2.72. The van der Waals surface area contributed by atoms with Crippen molar-refractivity contribution in [1.82, 2.24) is 0 Å². The van der Waals surface area contributed by atoms with E-state index < -0.39 is 18.3 Å². The Balaban J connectivity index is 4.06. The normalized spacial score (nSPS) is 18.5. The molecule has 0 amide bonds. The molecule has 3 atom stereocenters. The highest BCUT2D eigenvalue weighted by Crippen LogP contribution is 1.97. The summed E-state index contributed by atoms with van der Waals surface area (Å²) in [6, 6.07) is 0. The van der Waals surface area contributed by atoms with Gasteiger partial charge in [-0.2, -0.15) is 0 Å². The summed E-state index contributed by atoms with van der Waals surface area (Å²) in [6.07, 6.45) is -2.84. The molecule has 0 unspecified atom stereocenters. The average Bonchev–Trinajstić information content (AvgIpc) is 2.05. The van der Waals surface area contributed by atoms with Gasteiger partial charge in [-0.3, -0.25) is 14.4 Å². The van der Waals surface area contributed by atoms with Gasteiger partial charge in [0.2, 0.25) is 12.6 Å². The number of hydrogen-bond donors (Lipinski definition) is 3. The van der Waals surface area contributed by atoms with Gasteiger partial charge in [0.15, 0.2) is 6.10 Å². The van der Waals surface area contributed by atoms with Gasteiger partial charge in [0.1, 0.15) is 12.2 Å². The average molecular weight is 161 g/mol. The summed E-state index contributed by atoms with van der Waals surface area (Å²) in [4.78, 5) is 23.5. The molecule has 0 saturated heterocycles. The lowest BCUT2D eigenvalue weighted by molar-refractivity contribution is -0.0429. The summed E-state index contributed by atoms with van der Waals surface area (Å²) in [7, 11) is 0.